The van der Waals surface area contributed by atoms with Gasteiger partial charge in [0.15, 0.2) is 0 Å². The Kier molecular flexibility index (Phi) is 1.74. The second kappa shape index (κ2) is 3.14. The minimum absolute atomic E-state index is 0.753. The van der Waals surface area contributed by atoms with Crippen LogP contribution in [0.25, 0.3) is 0 Å². The first kappa shape index (κ1) is 8.88. The van der Waals surface area contributed by atoms with Crippen LogP contribution in [0.15, 0.2) is 12.1 Å². The molecule has 1 aromatic rings. The van der Waals surface area contributed by atoms with Crippen molar-refractivity contribution in [3.8, 4) is 0 Å². The first-order valence-electron chi connectivity index (χ1n) is 6.28. The maximum Gasteiger partial charge on any atom is 0.0579 e. The van der Waals surface area contributed by atoms with Gasteiger partial charge >= 0.3 is 0 Å². The number of hydrogen-bond donors (Lipinski definition) is 3. The monoisotopic (exact) mass is 215 g/mol. The highest BCUT2D eigenvalue weighted by Crippen LogP contribution is 2.46. The van der Waals surface area contributed by atoms with Gasteiger partial charge < -0.3 is 16.0 Å². The molecule has 0 aromatic heterocycles. The predicted molar refractivity (Wildman–Crippen MR) is 66.4 cm³/mol. The Bertz CT molecular complexity index is 402. The van der Waals surface area contributed by atoms with Crippen LogP contribution in [0.2, 0.25) is 0 Å². The average molecular weight is 215 g/mol. The molecule has 3 aliphatic rings. The number of piperidine rings is 1. The van der Waals surface area contributed by atoms with Crippen LogP contribution in [-0.2, 0) is 0 Å². The zero-order chi connectivity index (χ0) is 10.5. The van der Waals surface area contributed by atoms with Crippen LogP contribution in [0.4, 0.5) is 11.4 Å². The molecule has 2 bridgehead atoms. The lowest BCUT2D eigenvalue weighted by molar-refractivity contribution is 0.454. The van der Waals surface area contributed by atoms with Crippen LogP contribution >= 0.6 is 0 Å². The van der Waals surface area contributed by atoms with Crippen molar-refractivity contribution >= 4 is 11.4 Å². The van der Waals surface area contributed by atoms with E-state index in [2.05, 4.69) is 28.1 Å². The number of anilines is 2. The molecule has 4 rings (SSSR count). The highest BCUT2D eigenvalue weighted by molar-refractivity contribution is 5.74. The zero-order valence-electron chi connectivity index (χ0n) is 9.34. The first-order valence-corrected chi connectivity index (χ1v) is 6.28. The Morgan fingerprint density at radius 2 is 1.44 bits per heavy atom. The molecule has 84 valence electrons. The topological polar surface area (TPSA) is 36.1 Å². The van der Waals surface area contributed by atoms with Crippen molar-refractivity contribution < 1.29 is 0 Å². The van der Waals surface area contributed by atoms with Crippen molar-refractivity contribution in [3.63, 3.8) is 0 Å². The molecular formula is C13H17N3. The number of fused-ring (bicyclic) bond motifs is 6. The number of hydrogen-bond acceptors (Lipinski definition) is 3. The van der Waals surface area contributed by atoms with Crippen molar-refractivity contribution in [1.82, 2.24) is 5.32 Å². The van der Waals surface area contributed by atoms with Crippen molar-refractivity contribution in [1.29, 1.82) is 0 Å². The molecule has 3 heteroatoms. The molecule has 1 aliphatic carbocycles. The highest BCUT2D eigenvalue weighted by Gasteiger charge is 2.35. The fourth-order valence-electron chi connectivity index (χ4n) is 3.44. The van der Waals surface area contributed by atoms with Gasteiger partial charge in [-0.1, -0.05) is 0 Å². The van der Waals surface area contributed by atoms with Crippen LogP contribution in [-0.4, -0.2) is 26.2 Å². The van der Waals surface area contributed by atoms with Gasteiger partial charge in [0.1, 0.15) is 0 Å². The molecule has 0 amide bonds. The average Bonchev–Trinajstić information content (AvgIpc) is 2.59. The van der Waals surface area contributed by atoms with Gasteiger partial charge in [-0.15, -0.1) is 0 Å². The Labute approximate surface area is 95.6 Å². The number of nitrogens with one attached hydrogen (secondary N) is 3. The number of rotatable bonds is 0. The molecule has 2 atom stereocenters. The second-order valence-corrected chi connectivity index (χ2v) is 5.17. The molecule has 1 fully saturated rings. The summed E-state index contributed by atoms with van der Waals surface area (Å²) in [7, 11) is 0. The van der Waals surface area contributed by atoms with E-state index in [1.54, 1.807) is 11.1 Å². The molecule has 0 spiro atoms. The van der Waals surface area contributed by atoms with Crippen molar-refractivity contribution in [2.45, 2.75) is 18.3 Å². The van der Waals surface area contributed by atoms with Gasteiger partial charge in [-0.2, -0.15) is 0 Å². The van der Waals surface area contributed by atoms with E-state index >= 15 is 0 Å². The van der Waals surface area contributed by atoms with Gasteiger partial charge in [0.05, 0.1) is 11.4 Å². The van der Waals surface area contributed by atoms with Crippen LogP contribution in [0.3, 0.4) is 0 Å². The van der Waals surface area contributed by atoms with Gasteiger partial charge in [0.2, 0.25) is 0 Å². The SMILES string of the molecule is c1c2c(cc3c1C1CNCC3C1)NCCN2. The van der Waals surface area contributed by atoms with Gasteiger partial charge in [0.25, 0.3) is 0 Å². The molecule has 16 heavy (non-hydrogen) atoms. The standard InChI is InChI=1S/C13H17N3/c1-2-16-13-5-11-9-3-8(6-14-7-9)10(11)4-12(13)15-1/h4-5,8-9,14-16H,1-3,6-7H2. The number of benzene rings is 1. The van der Waals surface area contributed by atoms with Gasteiger partial charge in [0, 0.05) is 26.2 Å². The lowest BCUT2D eigenvalue weighted by Gasteiger charge is -2.22. The molecule has 0 saturated carbocycles. The van der Waals surface area contributed by atoms with E-state index in [1.165, 1.54) is 17.8 Å². The first-order chi connectivity index (χ1) is 7.92. The summed E-state index contributed by atoms with van der Waals surface area (Å²) in [6.07, 6.45) is 1.35. The Morgan fingerprint density at radius 1 is 0.875 bits per heavy atom. The summed E-state index contributed by atoms with van der Waals surface area (Å²) < 4.78 is 0. The molecule has 1 aromatic carbocycles. The van der Waals surface area contributed by atoms with Crippen LogP contribution in [0, 0.1) is 0 Å². The highest BCUT2D eigenvalue weighted by atomic mass is 15.0. The Hall–Kier alpha value is -1.22. The summed E-state index contributed by atoms with van der Waals surface area (Å²) in [6, 6.07) is 4.77. The lowest BCUT2D eigenvalue weighted by atomic mass is 9.98. The van der Waals surface area contributed by atoms with Crippen LogP contribution in [0.1, 0.15) is 29.4 Å². The van der Waals surface area contributed by atoms with Crippen LogP contribution < -0.4 is 16.0 Å². The summed E-state index contributed by atoms with van der Waals surface area (Å²) >= 11 is 0. The van der Waals surface area contributed by atoms with E-state index in [0.717, 1.165) is 38.0 Å². The molecule has 1 saturated heterocycles. The van der Waals surface area contributed by atoms with Gasteiger partial charge in [-0.05, 0) is 41.5 Å². The van der Waals surface area contributed by atoms with E-state index in [1.807, 2.05) is 0 Å². The summed E-state index contributed by atoms with van der Waals surface area (Å²) in [6.45, 7) is 4.40. The summed E-state index contributed by atoms with van der Waals surface area (Å²) in [4.78, 5) is 0. The minimum atomic E-state index is 0.753. The van der Waals surface area contributed by atoms with Gasteiger partial charge in [-0.3, -0.25) is 0 Å². The third-order valence-electron chi connectivity index (χ3n) is 4.21. The van der Waals surface area contributed by atoms with Crippen molar-refractivity contribution in [2.24, 2.45) is 0 Å². The minimum Gasteiger partial charge on any atom is -0.382 e. The van der Waals surface area contributed by atoms with E-state index < -0.39 is 0 Å². The van der Waals surface area contributed by atoms with Gasteiger partial charge in [-0.25, -0.2) is 0 Å². The molecule has 2 aliphatic heterocycles. The van der Waals surface area contributed by atoms with E-state index in [4.69, 9.17) is 0 Å². The zero-order valence-corrected chi connectivity index (χ0v) is 9.34. The fraction of sp³-hybridized carbons (Fsp3) is 0.538. The van der Waals surface area contributed by atoms with Crippen molar-refractivity contribution in [3.05, 3.63) is 23.3 Å². The molecule has 2 unspecified atom stereocenters. The van der Waals surface area contributed by atoms with E-state index in [0.29, 0.717) is 0 Å². The summed E-state index contributed by atoms with van der Waals surface area (Å²) in [5.74, 6) is 1.51. The molecular weight excluding hydrogens is 198 g/mol. The predicted octanol–water partition coefficient (Wildman–Crippen LogP) is 1.70. The maximum atomic E-state index is 3.54. The fourth-order valence-corrected chi connectivity index (χ4v) is 3.44. The molecule has 3 N–H and O–H groups in total. The van der Waals surface area contributed by atoms with Crippen LogP contribution in [0.5, 0.6) is 0 Å². The Balaban J connectivity index is 1.87. The second-order valence-electron chi connectivity index (χ2n) is 5.17. The molecule has 2 heterocycles. The third-order valence-corrected chi connectivity index (χ3v) is 4.21. The normalized spacial score (nSPS) is 30.0. The smallest absolute Gasteiger partial charge is 0.0579 e. The Morgan fingerprint density at radius 3 is 2.00 bits per heavy atom. The quantitative estimate of drug-likeness (QED) is 0.616. The lowest BCUT2D eigenvalue weighted by Crippen LogP contribution is -2.28. The van der Waals surface area contributed by atoms with Crippen molar-refractivity contribution in [2.75, 3.05) is 36.8 Å². The summed E-state index contributed by atoms with van der Waals surface area (Å²) in [5.41, 5.74) is 5.78. The largest absolute Gasteiger partial charge is 0.382 e. The summed E-state index contributed by atoms with van der Waals surface area (Å²) in [5, 5.41) is 10.5. The van der Waals surface area contributed by atoms with E-state index in [9.17, 15) is 0 Å². The maximum absolute atomic E-state index is 3.54. The van der Waals surface area contributed by atoms with E-state index in [-0.39, 0.29) is 0 Å². The molecule has 0 radical (unpaired) electrons. The molecule has 3 nitrogen and oxygen atoms in total. The third kappa shape index (κ3) is 1.12.